The van der Waals surface area contributed by atoms with Crippen molar-refractivity contribution in [2.45, 2.75) is 13.3 Å². The first-order valence-corrected chi connectivity index (χ1v) is 10.1. The highest BCUT2D eigenvalue weighted by Crippen LogP contribution is 2.29. The van der Waals surface area contributed by atoms with Gasteiger partial charge in [-0.3, -0.25) is 35.8 Å². The fourth-order valence-corrected chi connectivity index (χ4v) is 3.03. The minimum absolute atomic E-state index is 0.0259. The van der Waals surface area contributed by atoms with E-state index in [4.69, 9.17) is 0 Å². The van der Waals surface area contributed by atoms with Crippen LogP contribution in [0.2, 0.25) is 0 Å². The van der Waals surface area contributed by atoms with Gasteiger partial charge in [0.15, 0.2) is 0 Å². The van der Waals surface area contributed by atoms with E-state index in [1.165, 1.54) is 18.2 Å². The molecule has 34 heavy (non-hydrogen) atoms. The number of aryl methyl sites for hydroxylation is 1. The Hall–Kier alpha value is -4.93. The number of benzene rings is 3. The smallest absolute Gasteiger partial charge is 0.271 e. The molecule has 0 heterocycles. The number of hydrogen-bond donors (Lipinski definition) is 1. The molecule has 172 valence electrons. The van der Waals surface area contributed by atoms with Crippen LogP contribution in [0.3, 0.4) is 0 Å². The zero-order valence-electron chi connectivity index (χ0n) is 18.0. The maximum absolute atomic E-state index is 11.4. The van der Waals surface area contributed by atoms with Crippen molar-refractivity contribution in [1.82, 2.24) is 0 Å². The van der Waals surface area contributed by atoms with Crippen molar-refractivity contribution in [2.75, 3.05) is 5.43 Å². The summed E-state index contributed by atoms with van der Waals surface area (Å²) >= 11 is 0. The Bertz CT molecular complexity index is 1300. The van der Waals surface area contributed by atoms with Crippen LogP contribution in [0.5, 0.6) is 0 Å². The molecule has 0 aliphatic rings. The number of nitro benzene ring substituents is 3. The summed E-state index contributed by atoms with van der Waals surface area (Å²) in [7, 11) is 0. The predicted molar refractivity (Wildman–Crippen MR) is 128 cm³/mol. The lowest BCUT2D eigenvalue weighted by Gasteiger charge is -2.07. The molecule has 3 aromatic rings. The minimum Gasteiger partial charge on any atom is -0.271 e. The zero-order chi connectivity index (χ0) is 24.7. The molecular formula is C23H19N5O6. The second-order valence-corrected chi connectivity index (χ2v) is 7.06. The zero-order valence-corrected chi connectivity index (χ0v) is 18.0. The van der Waals surface area contributed by atoms with Gasteiger partial charge in [-0.1, -0.05) is 49.4 Å². The van der Waals surface area contributed by atoms with Gasteiger partial charge in [0.05, 0.1) is 26.5 Å². The Balaban J connectivity index is 2.00. The Kier molecular flexibility index (Phi) is 7.39. The monoisotopic (exact) mass is 461 g/mol. The Morgan fingerprint density at radius 3 is 2.18 bits per heavy atom. The number of allylic oxidation sites excluding steroid dienone is 1. The third kappa shape index (κ3) is 5.85. The standard InChI is InChI=1S/C23H19N5O6/c1-2-16-6-9-18(10-7-16)21(12-8-17-4-3-5-19(14-17)26(29)30)24-25-22-13-11-20(27(31)32)15-23(22)28(33)34/h3-15,25H,2H2,1H3/b12-8+,24-21+. The SMILES string of the molecule is CCc1ccc(C(/C=C/c2cccc([N+](=O)[O-])c2)=N/Nc2ccc([N+](=O)[O-])cc2[N+](=O)[O-])cc1. The van der Waals surface area contributed by atoms with E-state index in [1.807, 2.05) is 31.2 Å². The van der Waals surface area contributed by atoms with Gasteiger partial charge in [0.25, 0.3) is 11.4 Å². The molecule has 0 aliphatic heterocycles. The van der Waals surface area contributed by atoms with E-state index in [0.717, 1.165) is 24.1 Å². The highest BCUT2D eigenvalue weighted by molar-refractivity contribution is 6.11. The number of hydrogen-bond acceptors (Lipinski definition) is 8. The van der Waals surface area contributed by atoms with Gasteiger partial charge in [-0.15, -0.1) is 0 Å². The highest BCUT2D eigenvalue weighted by Gasteiger charge is 2.19. The first-order chi connectivity index (χ1) is 16.3. The van der Waals surface area contributed by atoms with Crippen LogP contribution in [0.15, 0.2) is 77.9 Å². The quantitative estimate of drug-likeness (QED) is 0.250. The van der Waals surface area contributed by atoms with E-state index in [2.05, 4.69) is 10.5 Å². The summed E-state index contributed by atoms with van der Waals surface area (Å²) in [6, 6.07) is 16.7. The molecule has 3 rings (SSSR count). The summed E-state index contributed by atoms with van der Waals surface area (Å²) in [6.07, 6.45) is 4.08. The number of rotatable bonds is 9. The van der Waals surface area contributed by atoms with Crippen molar-refractivity contribution in [3.05, 3.63) is 120 Å². The molecule has 0 atom stereocenters. The van der Waals surface area contributed by atoms with Crippen molar-refractivity contribution in [3.63, 3.8) is 0 Å². The second-order valence-electron chi connectivity index (χ2n) is 7.06. The Morgan fingerprint density at radius 1 is 0.882 bits per heavy atom. The molecule has 0 saturated heterocycles. The van der Waals surface area contributed by atoms with E-state index in [0.29, 0.717) is 16.8 Å². The van der Waals surface area contributed by atoms with Crippen molar-refractivity contribution in [2.24, 2.45) is 5.10 Å². The number of nitro groups is 3. The molecule has 0 fully saturated rings. The Morgan fingerprint density at radius 2 is 1.56 bits per heavy atom. The molecule has 0 unspecified atom stereocenters. The largest absolute Gasteiger partial charge is 0.301 e. The van der Waals surface area contributed by atoms with Crippen molar-refractivity contribution >= 4 is 34.5 Å². The van der Waals surface area contributed by atoms with Gasteiger partial charge < -0.3 is 0 Å². The van der Waals surface area contributed by atoms with E-state index in [-0.39, 0.29) is 11.4 Å². The second kappa shape index (κ2) is 10.6. The summed E-state index contributed by atoms with van der Waals surface area (Å²) in [4.78, 5) is 31.4. The van der Waals surface area contributed by atoms with E-state index >= 15 is 0 Å². The van der Waals surface area contributed by atoms with Crippen LogP contribution in [0.4, 0.5) is 22.7 Å². The van der Waals surface area contributed by atoms with Crippen LogP contribution in [-0.2, 0) is 6.42 Å². The fourth-order valence-electron chi connectivity index (χ4n) is 3.03. The van der Waals surface area contributed by atoms with Crippen LogP contribution in [0.25, 0.3) is 6.08 Å². The van der Waals surface area contributed by atoms with Gasteiger partial charge >= 0.3 is 5.69 Å². The van der Waals surface area contributed by atoms with Crippen molar-refractivity contribution < 1.29 is 14.8 Å². The minimum atomic E-state index is -0.737. The molecule has 0 amide bonds. The van der Waals surface area contributed by atoms with E-state index in [1.54, 1.807) is 24.3 Å². The molecule has 0 saturated carbocycles. The molecule has 11 nitrogen and oxygen atoms in total. The fraction of sp³-hybridized carbons (Fsp3) is 0.0870. The highest BCUT2D eigenvalue weighted by atomic mass is 16.6. The maximum Gasteiger partial charge on any atom is 0.301 e. The lowest BCUT2D eigenvalue weighted by Crippen LogP contribution is -2.04. The summed E-state index contributed by atoms with van der Waals surface area (Å²) < 4.78 is 0. The molecule has 0 aliphatic carbocycles. The van der Waals surface area contributed by atoms with Crippen molar-refractivity contribution in [1.29, 1.82) is 0 Å². The van der Waals surface area contributed by atoms with Gasteiger partial charge in [0.2, 0.25) is 0 Å². The molecule has 3 aromatic carbocycles. The van der Waals surface area contributed by atoms with Crippen LogP contribution >= 0.6 is 0 Å². The molecule has 0 bridgehead atoms. The average Bonchev–Trinajstić information content (AvgIpc) is 2.84. The summed E-state index contributed by atoms with van der Waals surface area (Å²) in [6.45, 7) is 2.02. The van der Waals surface area contributed by atoms with Crippen LogP contribution in [0, 0.1) is 30.3 Å². The summed E-state index contributed by atoms with van der Waals surface area (Å²) in [5.74, 6) is 0. The molecule has 0 spiro atoms. The molecular weight excluding hydrogens is 442 g/mol. The first kappa shape index (κ1) is 23.7. The van der Waals surface area contributed by atoms with E-state index in [9.17, 15) is 30.3 Å². The predicted octanol–water partition coefficient (Wildman–Crippen LogP) is 5.50. The first-order valence-electron chi connectivity index (χ1n) is 10.1. The lowest BCUT2D eigenvalue weighted by molar-refractivity contribution is -0.393. The third-order valence-electron chi connectivity index (χ3n) is 4.86. The molecule has 1 N–H and O–H groups in total. The summed E-state index contributed by atoms with van der Waals surface area (Å²) in [5.41, 5.74) is 4.36. The van der Waals surface area contributed by atoms with Crippen LogP contribution in [0.1, 0.15) is 23.6 Å². The number of anilines is 1. The molecule has 11 heteroatoms. The van der Waals surface area contributed by atoms with Crippen molar-refractivity contribution in [3.8, 4) is 0 Å². The van der Waals surface area contributed by atoms with Gasteiger partial charge in [-0.25, -0.2) is 0 Å². The number of hydrazone groups is 1. The van der Waals surface area contributed by atoms with Crippen LogP contribution < -0.4 is 5.43 Å². The number of non-ortho nitro benzene ring substituents is 2. The normalized spacial score (nSPS) is 11.4. The molecule has 0 aromatic heterocycles. The summed E-state index contributed by atoms with van der Waals surface area (Å²) in [5, 5.41) is 37.7. The van der Waals surface area contributed by atoms with Gasteiger partial charge in [0.1, 0.15) is 5.69 Å². The maximum atomic E-state index is 11.4. The third-order valence-corrected chi connectivity index (χ3v) is 4.86. The van der Waals surface area contributed by atoms with Gasteiger partial charge in [0, 0.05) is 23.8 Å². The van der Waals surface area contributed by atoms with Gasteiger partial charge in [-0.2, -0.15) is 5.10 Å². The Labute approximate surface area is 193 Å². The average molecular weight is 461 g/mol. The molecule has 0 radical (unpaired) electrons. The number of nitrogens with zero attached hydrogens (tertiary/aromatic N) is 4. The lowest BCUT2D eigenvalue weighted by atomic mass is 10.0. The van der Waals surface area contributed by atoms with Gasteiger partial charge in [-0.05, 0) is 29.7 Å². The van der Waals surface area contributed by atoms with E-state index < -0.39 is 26.1 Å². The topological polar surface area (TPSA) is 154 Å². The number of nitrogens with one attached hydrogen (secondary N) is 1. The van der Waals surface area contributed by atoms with Crippen LogP contribution in [-0.4, -0.2) is 20.5 Å².